The molecule has 2 N–H and O–H groups in total. The number of carbonyl (C=O) groups is 1. The normalized spacial score (nSPS) is 22.5. The molecule has 1 amide bonds. The van der Waals surface area contributed by atoms with Gasteiger partial charge in [0, 0.05) is 44.0 Å². The van der Waals surface area contributed by atoms with E-state index >= 15 is 0 Å². The quantitative estimate of drug-likeness (QED) is 0.676. The van der Waals surface area contributed by atoms with Gasteiger partial charge in [0.05, 0.1) is 16.6 Å². The number of sulfonamides is 1. The van der Waals surface area contributed by atoms with Gasteiger partial charge in [0.15, 0.2) is 0 Å². The first-order valence-corrected chi connectivity index (χ1v) is 12.5. The summed E-state index contributed by atoms with van der Waals surface area (Å²) >= 11 is 5.94. The summed E-state index contributed by atoms with van der Waals surface area (Å²) in [6.07, 6.45) is -0.160. The molecule has 1 aliphatic heterocycles. The van der Waals surface area contributed by atoms with Crippen molar-refractivity contribution in [1.82, 2.24) is 10.2 Å². The third-order valence-corrected chi connectivity index (χ3v) is 7.20. The van der Waals surface area contributed by atoms with Crippen LogP contribution in [0.15, 0.2) is 47.4 Å². The summed E-state index contributed by atoms with van der Waals surface area (Å²) in [7, 11) is -0.569. The Bertz CT molecular complexity index is 1100. The molecule has 0 aromatic heterocycles. The Balaban J connectivity index is 1.94. The molecule has 33 heavy (non-hydrogen) atoms. The molecule has 0 radical (unpaired) electrons. The van der Waals surface area contributed by atoms with Gasteiger partial charge in [-0.25, -0.2) is 8.42 Å². The fourth-order valence-corrected chi connectivity index (χ4v) is 4.92. The molecule has 8 nitrogen and oxygen atoms in total. The minimum Gasteiger partial charge on any atom is -0.491 e. The Morgan fingerprint density at radius 2 is 1.97 bits per heavy atom. The molecule has 3 atom stereocenters. The second-order valence-electron chi connectivity index (χ2n) is 8.33. The van der Waals surface area contributed by atoms with Crippen LogP contribution in [0.3, 0.4) is 0 Å². The Labute approximate surface area is 200 Å². The zero-order valence-electron chi connectivity index (χ0n) is 19.2. The van der Waals surface area contributed by atoms with Gasteiger partial charge in [-0.15, -0.1) is 0 Å². The lowest BCUT2D eigenvalue weighted by molar-refractivity contribution is 0.0281. The van der Waals surface area contributed by atoms with Gasteiger partial charge in [0.1, 0.15) is 12.4 Å². The molecule has 0 bridgehead atoms. The highest BCUT2D eigenvalue weighted by Crippen LogP contribution is 2.27. The maximum absolute atomic E-state index is 13.3. The number of likely N-dealkylation sites (N-methyl/N-ethyl adjacent to an activating group) is 1. The number of benzene rings is 2. The van der Waals surface area contributed by atoms with E-state index in [2.05, 4.69) is 17.0 Å². The number of nitrogens with zero attached hydrogens (tertiary/aromatic N) is 1. The van der Waals surface area contributed by atoms with Crippen molar-refractivity contribution in [3.8, 4) is 5.75 Å². The van der Waals surface area contributed by atoms with Crippen LogP contribution in [0.4, 0.5) is 5.69 Å². The lowest BCUT2D eigenvalue weighted by Gasteiger charge is -2.30. The number of ether oxygens (including phenoxy) is 2. The molecule has 10 heteroatoms. The average molecular weight is 496 g/mol. The van der Waals surface area contributed by atoms with Crippen LogP contribution in [0.5, 0.6) is 5.75 Å². The van der Waals surface area contributed by atoms with E-state index in [1.165, 1.54) is 18.2 Å². The zero-order chi connectivity index (χ0) is 24.2. The molecule has 1 aliphatic rings. The molecule has 0 aliphatic carbocycles. The van der Waals surface area contributed by atoms with Crippen molar-refractivity contribution >= 4 is 33.2 Å². The van der Waals surface area contributed by atoms with E-state index in [4.69, 9.17) is 21.1 Å². The molecule has 0 unspecified atom stereocenters. The highest BCUT2D eigenvalue weighted by atomic mass is 35.5. The smallest absolute Gasteiger partial charge is 0.261 e. The molecule has 0 saturated carbocycles. The standard InChI is InChI=1S/C23H30ClN3O5S/c1-15-12-25-16(2)14-32-21-9-8-18(11-20(21)23(28)27(3)13-22(15)31-4)26-33(29,30)19-7-5-6-17(24)10-19/h5-11,15-16,22,25-26H,12-14H2,1-4H3/t15-,16+,22-/m0/s1. The number of fused-ring (bicyclic) bond motifs is 1. The lowest BCUT2D eigenvalue weighted by atomic mass is 10.0. The van der Waals surface area contributed by atoms with Crippen LogP contribution in [0.25, 0.3) is 0 Å². The van der Waals surface area contributed by atoms with Crippen molar-refractivity contribution in [2.75, 3.05) is 38.6 Å². The van der Waals surface area contributed by atoms with Gasteiger partial charge in [-0.3, -0.25) is 9.52 Å². The Morgan fingerprint density at radius 1 is 1.21 bits per heavy atom. The van der Waals surface area contributed by atoms with Crippen molar-refractivity contribution in [1.29, 1.82) is 0 Å². The molecule has 0 saturated heterocycles. The van der Waals surface area contributed by atoms with E-state index in [9.17, 15) is 13.2 Å². The zero-order valence-corrected chi connectivity index (χ0v) is 20.7. The number of amides is 1. The van der Waals surface area contributed by atoms with Gasteiger partial charge < -0.3 is 19.7 Å². The monoisotopic (exact) mass is 495 g/mol. The fourth-order valence-electron chi connectivity index (χ4n) is 3.57. The number of rotatable bonds is 4. The maximum Gasteiger partial charge on any atom is 0.261 e. The number of anilines is 1. The van der Waals surface area contributed by atoms with Crippen LogP contribution in [0.1, 0.15) is 24.2 Å². The highest BCUT2D eigenvalue weighted by Gasteiger charge is 2.26. The molecule has 0 fully saturated rings. The van der Waals surface area contributed by atoms with E-state index in [1.54, 1.807) is 43.3 Å². The first-order chi connectivity index (χ1) is 15.6. The minimum atomic E-state index is -3.89. The van der Waals surface area contributed by atoms with Crippen molar-refractivity contribution in [2.24, 2.45) is 5.92 Å². The molecule has 2 aromatic carbocycles. The molecule has 0 spiro atoms. The predicted octanol–water partition coefficient (Wildman–Crippen LogP) is 3.23. The predicted molar refractivity (Wildman–Crippen MR) is 129 cm³/mol. The van der Waals surface area contributed by atoms with E-state index in [-0.39, 0.29) is 40.1 Å². The van der Waals surface area contributed by atoms with Crippen LogP contribution < -0.4 is 14.8 Å². The van der Waals surface area contributed by atoms with Crippen LogP contribution in [0, 0.1) is 5.92 Å². The summed E-state index contributed by atoms with van der Waals surface area (Å²) in [5, 5.41) is 3.74. The summed E-state index contributed by atoms with van der Waals surface area (Å²) < 4.78 is 39.7. The van der Waals surface area contributed by atoms with Crippen LogP contribution in [-0.2, 0) is 14.8 Å². The highest BCUT2D eigenvalue weighted by molar-refractivity contribution is 7.92. The van der Waals surface area contributed by atoms with Crippen LogP contribution in [-0.4, -0.2) is 65.2 Å². The van der Waals surface area contributed by atoms with Gasteiger partial charge in [0.25, 0.3) is 15.9 Å². The summed E-state index contributed by atoms with van der Waals surface area (Å²) in [5.41, 5.74) is 0.507. The Hall–Kier alpha value is -2.33. The third kappa shape index (κ3) is 6.38. The number of carbonyl (C=O) groups excluding carboxylic acids is 1. The molecular formula is C23H30ClN3O5S. The summed E-state index contributed by atoms with van der Waals surface area (Å²) in [4.78, 5) is 14.9. The molecule has 2 aromatic rings. The fraction of sp³-hybridized carbons (Fsp3) is 0.435. The second-order valence-corrected chi connectivity index (χ2v) is 10.5. The average Bonchev–Trinajstić information content (AvgIpc) is 2.78. The Morgan fingerprint density at radius 3 is 2.67 bits per heavy atom. The minimum absolute atomic E-state index is 0.0271. The lowest BCUT2D eigenvalue weighted by Crippen LogP contribution is -2.44. The van der Waals surface area contributed by atoms with Gasteiger partial charge in [-0.05, 0) is 49.2 Å². The van der Waals surface area contributed by atoms with Crippen molar-refractivity contribution in [3.05, 3.63) is 53.1 Å². The number of methoxy groups -OCH3 is 1. The number of hydrogen-bond donors (Lipinski definition) is 2. The van der Waals surface area contributed by atoms with Crippen molar-refractivity contribution in [3.63, 3.8) is 0 Å². The van der Waals surface area contributed by atoms with Crippen LogP contribution >= 0.6 is 11.6 Å². The molecule has 3 rings (SSSR count). The number of hydrogen-bond acceptors (Lipinski definition) is 6. The van der Waals surface area contributed by atoms with Gasteiger partial charge in [-0.2, -0.15) is 0 Å². The first kappa shape index (κ1) is 25.3. The molecule has 1 heterocycles. The summed E-state index contributed by atoms with van der Waals surface area (Å²) in [6.45, 7) is 5.52. The second kappa shape index (κ2) is 10.7. The number of nitrogens with one attached hydrogen (secondary N) is 2. The maximum atomic E-state index is 13.3. The van der Waals surface area contributed by atoms with E-state index in [0.717, 1.165) is 6.54 Å². The SMILES string of the molecule is CO[C@H]1CN(C)C(=O)c2cc(NS(=O)(=O)c3cccc(Cl)c3)ccc2OC[C@@H](C)NC[C@@H]1C. The largest absolute Gasteiger partial charge is 0.491 e. The Kier molecular flexibility index (Phi) is 8.23. The first-order valence-electron chi connectivity index (χ1n) is 10.7. The molecule has 180 valence electrons. The van der Waals surface area contributed by atoms with E-state index in [1.807, 2.05) is 6.92 Å². The van der Waals surface area contributed by atoms with Gasteiger partial charge in [-0.1, -0.05) is 24.6 Å². The summed E-state index contributed by atoms with van der Waals surface area (Å²) in [6, 6.07) is 10.7. The van der Waals surface area contributed by atoms with E-state index in [0.29, 0.717) is 23.9 Å². The third-order valence-electron chi connectivity index (χ3n) is 5.58. The number of halogens is 1. The van der Waals surface area contributed by atoms with Crippen LogP contribution in [0.2, 0.25) is 5.02 Å². The van der Waals surface area contributed by atoms with Crippen molar-refractivity contribution in [2.45, 2.75) is 30.9 Å². The van der Waals surface area contributed by atoms with Crippen molar-refractivity contribution < 1.29 is 22.7 Å². The molecular weight excluding hydrogens is 466 g/mol. The van der Waals surface area contributed by atoms with E-state index < -0.39 is 10.0 Å². The topological polar surface area (TPSA) is 97.0 Å². The van der Waals surface area contributed by atoms with Gasteiger partial charge >= 0.3 is 0 Å². The van der Waals surface area contributed by atoms with Gasteiger partial charge in [0.2, 0.25) is 0 Å². The summed E-state index contributed by atoms with van der Waals surface area (Å²) in [5.74, 6) is 0.264.